The Morgan fingerprint density at radius 3 is 0.679 bits per heavy atom. The molecule has 0 aliphatic rings. The summed E-state index contributed by atoms with van der Waals surface area (Å²) in [7, 11) is -5.32. The van der Waals surface area contributed by atoms with E-state index in [2.05, 4.69) is 83.1 Å². The fourth-order valence-corrected chi connectivity index (χ4v) is 21.3. The Hall–Kier alpha value is -0.886. The highest BCUT2D eigenvalue weighted by Gasteiger charge is 2.57. The molecule has 6 heteroatoms. The van der Waals surface area contributed by atoms with E-state index in [-0.39, 0.29) is 33.2 Å². The van der Waals surface area contributed by atoms with Crippen LogP contribution >= 0.6 is 0 Å². The van der Waals surface area contributed by atoms with E-state index in [1.54, 1.807) is 0 Å². The third-order valence-corrected chi connectivity index (χ3v) is 21.6. The fourth-order valence-electron chi connectivity index (χ4n) is 6.75. The third kappa shape index (κ3) is 4.18. The lowest BCUT2D eigenvalue weighted by atomic mass is 10.4. The zero-order valence-electron chi connectivity index (χ0n) is 20.2. The van der Waals surface area contributed by atoms with Crippen LogP contribution in [0, 0.1) is 0 Å². The van der Waals surface area contributed by atoms with Gasteiger partial charge in [-0.05, 0) is 33.2 Å². The first kappa shape index (κ1) is 27.1. The van der Waals surface area contributed by atoms with E-state index < -0.39 is 28.1 Å². The van der Waals surface area contributed by atoms with Crippen LogP contribution in [0.1, 0.15) is 83.1 Å². The molecule has 0 aliphatic heterocycles. The second-order valence-electron chi connectivity index (χ2n) is 10.2. The summed E-state index contributed by atoms with van der Waals surface area (Å²) in [6.45, 7) is 25.1. The topological polar surface area (TPSA) is 74.6 Å². The predicted molar refractivity (Wildman–Crippen MR) is 124 cm³/mol. The van der Waals surface area contributed by atoms with Gasteiger partial charge in [0.1, 0.15) is 16.1 Å². The van der Waals surface area contributed by atoms with Crippen molar-refractivity contribution in [2.24, 2.45) is 0 Å². The fraction of sp³-hybridized carbons (Fsp3) is 0.818. The molecular weight excluding hydrogens is 384 g/mol. The molecule has 0 radical (unpaired) electrons. The van der Waals surface area contributed by atoms with Crippen molar-refractivity contribution in [1.82, 2.24) is 0 Å². The Morgan fingerprint density at radius 1 is 0.464 bits per heavy atom. The van der Waals surface area contributed by atoms with Gasteiger partial charge < -0.3 is 10.2 Å². The van der Waals surface area contributed by atoms with Gasteiger partial charge in [0.05, 0.1) is 0 Å². The molecule has 4 nitrogen and oxygen atoms in total. The molecular formula is C22H44O4Si2. The molecule has 0 fully saturated rings. The summed E-state index contributed by atoms with van der Waals surface area (Å²) in [6.07, 6.45) is 0. The van der Waals surface area contributed by atoms with Crippen LogP contribution in [-0.2, 0) is 9.59 Å². The van der Waals surface area contributed by atoms with Crippen LogP contribution in [0.3, 0.4) is 0 Å². The molecule has 164 valence electrons. The Kier molecular flexibility index (Phi) is 9.44. The van der Waals surface area contributed by atoms with E-state index in [1.807, 2.05) is 0 Å². The predicted octanol–water partition coefficient (Wildman–Crippen LogP) is 6.89. The van der Waals surface area contributed by atoms with Crippen molar-refractivity contribution < 1.29 is 19.8 Å². The summed E-state index contributed by atoms with van der Waals surface area (Å²) < 4.78 is 0. The summed E-state index contributed by atoms with van der Waals surface area (Å²) in [5, 5.41) is 21.7. The van der Waals surface area contributed by atoms with Gasteiger partial charge >= 0.3 is 11.9 Å². The number of carbonyl (C=O) groups is 2. The first-order chi connectivity index (χ1) is 12.5. The minimum atomic E-state index is -2.66. The molecule has 0 heterocycles. The molecule has 0 aromatic carbocycles. The molecule has 0 aliphatic carbocycles. The molecule has 0 unspecified atom stereocenters. The number of carboxylic acids is 2. The largest absolute Gasteiger partial charge is 0.478 e. The van der Waals surface area contributed by atoms with Crippen LogP contribution < -0.4 is 0 Å². The Morgan fingerprint density at radius 2 is 0.607 bits per heavy atom. The lowest BCUT2D eigenvalue weighted by Crippen LogP contribution is -2.56. The summed E-state index contributed by atoms with van der Waals surface area (Å²) >= 11 is 0. The van der Waals surface area contributed by atoms with Gasteiger partial charge in [-0.2, -0.15) is 0 Å². The second kappa shape index (κ2) is 9.74. The molecule has 2 N–H and O–H groups in total. The SMILES string of the molecule is CC(C)[Si](C(C(=O)O)=C(C(=O)O)[Si](C(C)C)(C(C)C)C(C)C)(C(C)C)C(C)C. The van der Waals surface area contributed by atoms with Crippen LogP contribution in [0.25, 0.3) is 0 Å². The zero-order valence-corrected chi connectivity index (χ0v) is 22.2. The molecule has 28 heavy (non-hydrogen) atoms. The minimum Gasteiger partial charge on any atom is -0.478 e. The molecule has 0 saturated heterocycles. The van der Waals surface area contributed by atoms with Crippen LogP contribution in [0.15, 0.2) is 10.4 Å². The molecule has 0 aromatic rings. The summed E-state index contributed by atoms with van der Waals surface area (Å²) in [4.78, 5) is 25.7. The van der Waals surface area contributed by atoms with Crippen molar-refractivity contribution in [3.05, 3.63) is 10.4 Å². The summed E-state index contributed by atoms with van der Waals surface area (Å²) in [6, 6.07) is 0. The number of aliphatic carboxylic acids is 2. The normalized spacial score (nSPS) is 14.6. The van der Waals surface area contributed by atoms with Gasteiger partial charge in [0.15, 0.2) is 0 Å². The molecule has 0 amide bonds. The minimum absolute atomic E-state index is 0.145. The van der Waals surface area contributed by atoms with E-state index in [4.69, 9.17) is 0 Å². The number of rotatable bonds is 10. The van der Waals surface area contributed by atoms with Crippen molar-refractivity contribution in [3.8, 4) is 0 Å². The van der Waals surface area contributed by atoms with Crippen LogP contribution in [-0.4, -0.2) is 38.3 Å². The monoisotopic (exact) mass is 428 g/mol. The van der Waals surface area contributed by atoms with Gasteiger partial charge in [0.2, 0.25) is 0 Å². The average Bonchev–Trinajstić information content (AvgIpc) is 2.47. The lowest BCUT2D eigenvalue weighted by molar-refractivity contribution is -0.135. The smallest absolute Gasteiger partial charge is 0.327 e. The lowest BCUT2D eigenvalue weighted by Gasteiger charge is -2.49. The van der Waals surface area contributed by atoms with E-state index in [1.165, 1.54) is 0 Å². The second-order valence-corrected chi connectivity index (χ2v) is 21.8. The quantitative estimate of drug-likeness (QED) is 0.293. The maximum atomic E-state index is 12.9. The molecule has 0 saturated carbocycles. The Balaban J connectivity index is 7.92. The van der Waals surface area contributed by atoms with Gasteiger partial charge in [-0.25, -0.2) is 9.59 Å². The number of hydrogen-bond donors (Lipinski definition) is 2. The van der Waals surface area contributed by atoms with Crippen LogP contribution in [0.4, 0.5) is 0 Å². The van der Waals surface area contributed by atoms with Crippen molar-refractivity contribution in [2.75, 3.05) is 0 Å². The van der Waals surface area contributed by atoms with Crippen LogP contribution in [0.2, 0.25) is 33.2 Å². The van der Waals surface area contributed by atoms with Gasteiger partial charge in [-0.1, -0.05) is 83.1 Å². The van der Waals surface area contributed by atoms with Crippen molar-refractivity contribution >= 4 is 28.1 Å². The average molecular weight is 429 g/mol. The Bertz CT molecular complexity index is 506. The third-order valence-electron chi connectivity index (χ3n) is 7.28. The van der Waals surface area contributed by atoms with Crippen molar-refractivity contribution in [3.63, 3.8) is 0 Å². The van der Waals surface area contributed by atoms with Gasteiger partial charge in [0, 0.05) is 10.4 Å². The van der Waals surface area contributed by atoms with Gasteiger partial charge in [-0.15, -0.1) is 0 Å². The molecule has 0 aromatic heterocycles. The summed E-state index contributed by atoms with van der Waals surface area (Å²) in [5.74, 6) is -2.00. The zero-order chi connectivity index (χ0) is 22.8. The number of carboxylic acid groups (broad SMARTS) is 2. The molecule has 0 bridgehead atoms. The molecule has 0 spiro atoms. The van der Waals surface area contributed by atoms with E-state index in [0.29, 0.717) is 10.4 Å². The van der Waals surface area contributed by atoms with Crippen molar-refractivity contribution in [1.29, 1.82) is 0 Å². The highest BCUT2D eigenvalue weighted by Crippen LogP contribution is 2.53. The van der Waals surface area contributed by atoms with E-state index >= 15 is 0 Å². The standard InChI is InChI=1S/C22H44O4Si2/c1-13(2)27(14(3)4,15(5)6)19(21(23)24)20(22(25)26)28(16(7)8,17(9)10)18(11)12/h13-18H,1-12H3,(H,23,24)(H,25,26). The van der Waals surface area contributed by atoms with E-state index in [9.17, 15) is 19.8 Å². The first-order valence-electron chi connectivity index (χ1n) is 10.8. The summed E-state index contributed by atoms with van der Waals surface area (Å²) in [5.41, 5.74) is 0.867. The van der Waals surface area contributed by atoms with Crippen molar-refractivity contribution in [2.45, 2.75) is 116 Å². The van der Waals surface area contributed by atoms with Crippen LogP contribution in [0.5, 0.6) is 0 Å². The highest BCUT2D eigenvalue weighted by atomic mass is 28.3. The van der Waals surface area contributed by atoms with Gasteiger partial charge in [0.25, 0.3) is 0 Å². The molecule has 0 rings (SSSR count). The maximum absolute atomic E-state index is 12.9. The Labute approximate surface area is 174 Å². The number of hydrogen-bond acceptors (Lipinski definition) is 2. The van der Waals surface area contributed by atoms with Gasteiger partial charge in [-0.3, -0.25) is 0 Å². The molecule has 0 atom stereocenters. The van der Waals surface area contributed by atoms with E-state index in [0.717, 1.165) is 0 Å². The first-order valence-corrected chi connectivity index (χ1v) is 15.2. The highest BCUT2D eigenvalue weighted by molar-refractivity contribution is 7.00. The maximum Gasteiger partial charge on any atom is 0.327 e.